The quantitative estimate of drug-likeness (QED) is 0.211. The lowest BCUT2D eigenvalue weighted by atomic mass is 10.1. The Morgan fingerprint density at radius 2 is 1.50 bits per heavy atom. The Hall–Kier alpha value is -1.07. The molecule has 12 heavy (non-hydrogen) atoms. The first-order valence-corrected chi connectivity index (χ1v) is 3.88. The molecule has 0 spiro atoms. The molecule has 1 aliphatic carbocycles. The Labute approximate surface area is 72.1 Å². The molecule has 1 rings (SSSR count). The van der Waals surface area contributed by atoms with Crippen LogP contribution in [0.1, 0.15) is 25.7 Å². The normalized spacial score (nSPS) is 14.5. The van der Waals surface area contributed by atoms with Crippen molar-refractivity contribution in [1.29, 1.82) is 0 Å². The SMILES string of the molecule is C1=CCCCC1.NC(=O)N(N)N. The summed E-state index contributed by atoms with van der Waals surface area (Å²) >= 11 is 0. The number of allylic oxidation sites excluding steroid dienone is 2. The molecule has 0 aliphatic heterocycles. The van der Waals surface area contributed by atoms with E-state index < -0.39 is 6.03 Å². The third kappa shape index (κ3) is 7.04. The first-order valence-electron chi connectivity index (χ1n) is 3.88. The van der Waals surface area contributed by atoms with Gasteiger partial charge in [-0.05, 0) is 25.7 Å². The minimum atomic E-state index is -0.852. The lowest BCUT2D eigenvalue weighted by Gasteiger charge is -2.00. The topological polar surface area (TPSA) is 98.4 Å². The fraction of sp³-hybridized carbons (Fsp3) is 0.571. The molecule has 0 saturated carbocycles. The summed E-state index contributed by atoms with van der Waals surface area (Å²) in [5.74, 6) is 9.14. The largest absolute Gasteiger partial charge is 0.349 e. The first-order chi connectivity index (χ1) is 5.64. The number of amides is 2. The molecule has 0 aromatic rings. The van der Waals surface area contributed by atoms with Gasteiger partial charge in [0.1, 0.15) is 0 Å². The van der Waals surface area contributed by atoms with E-state index in [0.29, 0.717) is 5.12 Å². The zero-order valence-corrected chi connectivity index (χ0v) is 7.07. The Kier molecular flexibility index (Phi) is 6.04. The van der Waals surface area contributed by atoms with Crippen molar-refractivity contribution in [2.24, 2.45) is 17.4 Å². The van der Waals surface area contributed by atoms with E-state index >= 15 is 0 Å². The number of primary amides is 1. The Bertz CT molecular complexity index is 147. The standard InChI is InChI=1S/C6H10.CH6N4O/c1-2-4-6-5-3-1;2-1(6)5(3)4/h1-2H,3-6H2;3-4H2,(H2,2,6). The minimum Gasteiger partial charge on any atom is -0.349 e. The number of carbonyl (C=O) groups is 1. The molecule has 70 valence electrons. The van der Waals surface area contributed by atoms with Gasteiger partial charge in [-0.15, -0.1) is 0 Å². The van der Waals surface area contributed by atoms with E-state index in [1.807, 2.05) is 0 Å². The molecular formula is C7H16N4O. The molecule has 0 heterocycles. The van der Waals surface area contributed by atoms with Gasteiger partial charge in [-0.2, -0.15) is 5.12 Å². The maximum Gasteiger partial charge on any atom is 0.343 e. The van der Waals surface area contributed by atoms with Crippen LogP contribution >= 0.6 is 0 Å². The second kappa shape index (κ2) is 6.63. The van der Waals surface area contributed by atoms with E-state index in [1.54, 1.807) is 0 Å². The Morgan fingerprint density at radius 3 is 1.58 bits per heavy atom. The van der Waals surface area contributed by atoms with Gasteiger partial charge >= 0.3 is 6.03 Å². The summed E-state index contributed by atoms with van der Waals surface area (Å²) in [5, 5.41) is 0.306. The fourth-order valence-corrected chi connectivity index (χ4v) is 0.760. The lowest BCUT2D eigenvalue weighted by molar-refractivity contribution is 0.210. The van der Waals surface area contributed by atoms with E-state index in [2.05, 4.69) is 29.6 Å². The highest BCUT2D eigenvalue weighted by molar-refractivity contribution is 5.70. The van der Waals surface area contributed by atoms with Gasteiger partial charge in [0.2, 0.25) is 0 Å². The van der Waals surface area contributed by atoms with Crippen molar-refractivity contribution in [3.05, 3.63) is 12.2 Å². The Morgan fingerprint density at radius 1 is 1.17 bits per heavy atom. The second-order valence-electron chi connectivity index (χ2n) is 2.50. The molecule has 5 nitrogen and oxygen atoms in total. The van der Waals surface area contributed by atoms with Gasteiger partial charge < -0.3 is 5.73 Å². The van der Waals surface area contributed by atoms with Gasteiger partial charge in [0.05, 0.1) is 0 Å². The highest BCUT2D eigenvalue weighted by Gasteiger charge is 1.90. The number of urea groups is 1. The lowest BCUT2D eigenvalue weighted by Crippen LogP contribution is -2.46. The molecule has 0 bridgehead atoms. The highest BCUT2D eigenvalue weighted by atomic mass is 16.2. The number of hydrazine groups is 2. The molecule has 1 aliphatic rings. The minimum absolute atomic E-state index is 0.306. The predicted octanol–water partition coefficient (Wildman–Crippen LogP) is 0.231. The molecule has 0 atom stereocenters. The van der Waals surface area contributed by atoms with Crippen LogP contribution in [0.4, 0.5) is 4.79 Å². The van der Waals surface area contributed by atoms with Gasteiger partial charge in [0, 0.05) is 0 Å². The van der Waals surface area contributed by atoms with Crippen molar-refractivity contribution in [1.82, 2.24) is 5.12 Å². The number of hydrogen-bond acceptors (Lipinski definition) is 3. The van der Waals surface area contributed by atoms with Crippen LogP contribution in [-0.2, 0) is 0 Å². The monoisotopic (exact) mass is 172 g/mol. The maximum atomic E-state index is 9.60. The molecule has 2 amide bonds. The summed E-state index contributed by atoms with van der Waals surface area (Å²) in [6.45, 7) is 0. The van der Waals surface area contributed by atoms with Gasteiger partial charge in [-0.3, -0.25) is 0 Å². The van der Waals surface area contributed by atoms with Crippen LogP contribution in [0.15, 0.2) is 12.2 Å². The molecule has 0 aromatic heterocycles. The number of nitrogens with two attached hydrogens (primary N) is 3. The molecule has 0 aromatic carbocycles. The Balaban J connectivity index is 0.000000202. The van der Waals surface area contributed by atoms with Crippen LogP contribution in [0, 0.1) is 0 Å². The highest BCUT2D eigenvalue weighted by Crippen LogP contribution is 2.07. The van der Waals surface area contributed by atoms with Gasteiger partial charge in [0.15, 0.2) is 0 Å². The second-order valence-corrected chi connectivity index (χ2v) is 2.50. The number of carbonyl (C=O) groups excluding carboxylic acids is 1. The number of hydrogen-bond donors (Lipinski definition) is 3. The molecule has 6 N–H and O–H groups in total. The van der Waals surface area contributed by atoms with Crippen LogP contribution < -0.4 is 17.4 Å². The van der Waals surface area contributed by atoms with Gasteiger partial charge in [0.25, 0.3) is 0 Å². The third-order valence-electron chi connectivity index (χ3n) is 1.41. The van der Waals surface area contributed by atoms with Crippen LogP contribution in [0.5, 0.6) is 0 Å². The summed E-state index contributed by atoms with van der Waals surface area (Å²) < 4.78 is 0. The zero-order chi connectivity index (χ0) is 9.40. The van der Waals surface area contributed by atoms with Crippen molar-refractivity contribution in [2.45, 2.75) is 25.7 Å². The maximum absolute atomic E-state index is 9.60. The average Bonchev–Trinajstić information content (AvgIpc) is 2.08. The summed E-state index contributed by atoms with van der Waals surface area (Å²) in [6, 6.07) is -0.852. The molecule has 0 radical (unpaired) electrons. The van der Waals surface area contributed by atoms with Crippen molar-refractivity contribution in [2.75, 3.05) is 0 Å². The van der Waals surface area contributed by atoms with Gasteiger partial charge in [-0.25, -0.2) is 16.5 Å². The smallest absolute Gasteiger partial charge is 0.343 e. The molecular weight excluding hydrogens is 156 g/mol. The van der Waals surface area contributed by atoms with E-state index in [1.165, 1.54) is 25.7 Å². The van der Waals surface area contributed by atoms with Crippen molar-refractivity contribution < 1.29 is 4.79 Å². The summed E-state index contributed by atoms with van der Waals surface area (Å²) in [6.07, 6.45) is 10.0. The van der Waals surface area contributed by atoms with Crippen LogP contribution in [0.2, 0.25) is 0 Å². The predicted molar refractivity (Wildman–Crippen MR) is 47.4 cm³/mol. The van der Waals surface area contributed by atoms with Crippen molar-refractivity contribution in [3.63, 3.8) is 0 Å². The van der Waals surface area contributed by atoms with Crippen molar-refractivity contribution in [3.8, 4) is 0 Å². The molecule has 0 unspecified atom stereocenters. The van der Waals surface area contributed by atoms with Crippen LogP contribution in [0.3, 0.4) is 0 Å². The summed E-state index contributed by atoms with van der Waals surface area (Å²) in [4.78, 5) is 9.60. The number of nitrogens with zero attached hydrogens (tertiary/aromatic N) is 1. The summed E-state index contributed by atoms with van der Waals surface area (Å²) in [7, 11) is 0. The van der Waals surface area contributed by atoms with E-state index in [0.717, 1.165) is 0 Å². The fourth-order valence-electron chi connectivity index (χ4n) is 0.760. The van der Waals surface area contributed by atoms with E-state index in [4.69, 9.17) is 0 Å². The van der Waals surface area contributed by atoms with E-state index in [-0.39, 0.29) is 0 Å². The average molecular weight is 172 g/mol. The molecule has 0 fully saturated rings. The zero-order valence-electron chi connectivity index (χ0n) is 7.07. The number of rotatable bonds is 0. The van der Waals surface area contributed by atoms with Crippen LogP contribution in [-0.4, -0.2) is 11.1 Å². The summed E-state index contributed by atoms with van der Waals surface area (Å²) in [5.41, 5.74) is 4.47. The third-order valence-corrected chi connectivity index (χ3v) is 1.41. The molecule has 0 saturated heterocycles. The molecule has 5 heteroatoms. The van der Waals surface area contributed by atoms with Crippen molar-refractivity contribution >= 4 is 6.03 Å². The van der Waals surface area contributed by atoms with E-state index in [9.17, 15) is 4.79 Å². The van der Waals surface area contributed by atoms with Gasteiger partial charge in [-0.1, -0.05) is 12.2 Å². The first kappa shape index (κ1) is 10.9. The van der Waals surface area contributed by atoms with Crippen LogP contribution in [0.25, 0.3) is 0 Å².